The highest BCUT2D eigenvalue weighted by atomic mass is 15.3. The molecule has 108 valence electrons. The topological polar surface area (TPSA) is 6.48 Å². The first-order chi connectivity index (χ1) is 8.58. The summed E-state index contributed by atoms with van der Waals surface area (Å²) in [7, 11) is 0. The van der Waals surface area contributed by atoms with Crippen molar-refractivity contribution in [1.82, 2.24) is 9.80 Å². The van der Waals surface area contributed by atoms with Gasteiger partial charge in [-0.1, -0.05) is 47.0 Å². The maximum atomic E-state index is 2.66. The van der Waals surface area contributed by atoms with Gasteiger partial charge in [0.05, 0.1) is 0 Å². The van der Waals surface area contributed by atoms with Crippen LogP contribution >= 0.6 is 0 Å². The predicted molar refractivity (Wildman–Crippen MR) is 81.0 cm³/mol. The molecule has 1 aliphatic heterocycles. The molecular weight excluding hydrogens is 220 g/mol. The molecule has 0 N–H and O–H groups in total. The van der Waals surface area contributed by atoms with Gasteiger partial charge in [-0.25, -0.2) is 0 Å². The van der Waals surface area contributed by atoms with E-state index in [-0.39, 0.29) is 0 Å². The monoisotopic (exact) mass is 254 g/mol. The van der Waals surface area contributed by atoms with E-state index in [0.29, 0.717) is 0 Å². The standard InChI is InChI=1S/C16H34N2/c1-15(2)8-6-5-7-9-17-10-12-18(13-11-17)14-16(3)4/h15-16H,5-14H2,1-4H3. The number of piperazine rings is 1. The minimum absolute atomic E-state index is 0.813. The molecule has 2 nitrogen and oxygen atoms in total. The van der Waals surface area contributed by atoms with Gasteiger partial charge in [-0.2, -0.15) is 0 Å². The van der Waals surface area contributed by atoms with Crippen molar-refractivity contribution in [1.29, 1.82) is 0 Å². The van der Waals surface area contributed by atoms with E-state index in [1.165, 1.54) is 65.0 Å². The first-order valence-corrected chi connectivity index (χ1v) is 8.02. The Labute approximate surface area is 115 Å². The van der Waals surface area contributed by atoms with Gasteiger partial charge in [0, 0.05) is 32.7 Å². The minimum Gasteiger partial charge on any atom is -0.301 e. The molecule has 1 fully saturated rings. The van der Waals surface area contributed by atoms with E-state index >= 15 is 0 Å². The minimum atomic E-state index is 0.813. The second-order valence-electron chi connectivity index (χ2n) is 6.78. The van der Waals surface area contributed by atoms with Crippen LogP contribution in [0.4, 0.5) is 0 Å². The van der Waals surface area contributed by atoms with Gasteiger partial charge >= 0.3 is 0 Å². The smallest absolute Gasteiger partial charge is 0.0110 e. The molecule has 0 amide bonds. The zero-order valence-corrected chi connectivity index (χ0v) is 13.1. The molecule has 0 bridgehead atoms. The third-order valence-corrected chi connectivity index (χ3v) is 3.84. The molecule has 2 heteroatoms. The Bertz CT molecular complexity index is 193. The fourth-order valence-corrected chi connectivity index (χ4v) is 2.78. The molecule has 1 heterocycles. The molecule has 1 rings (SSSR count). The number of unbranched alkanes of at least 4 members (excludes halogenated alkanes) is 2. The van der Waals surface area contributed by atoms with Gasteiger partial charge in [-0.15, -0.1) is 0 Å². The maximum Gasteiger partial charge on any atom is 0.0110 e. The summed E-state index contributed by atoms with van der Waals surface area (Å²) in [6.45, 7) is 17.0. The van der Waals surface area contributed by atoms with Crippen LogP contribution in [0.2, 0.25) is 0 Å². The Morgan fingerprint density at radius 2 is 1.33 bits per heavy atom. The molecule has 0 spiro atoms. The van der Waals surface area contributed by atoms with E-state index in [9.17, 15) is 0 Å². The van der Waals surface area contributed by atoms with Gasteiger partial charge in [0.1, 0.15) is 0 Å². The number of hydrogen-bond donors (Lipinski definition) is 0. The van der Waals surface area contributed by atoms with Crippen molar-refractivity contribution in [3.8, 4) is 0 Å². The van der Waals surface area contributed by atoms with Crippen LogP contribution in [0, 0.1) is 11.8 Å². The lowest BCUT2D eigenvalue weighted by atomic mass is 10.1. The largest absolute Gasteiger partial charge is 0.301 e. The first-order valence-electron chi connectivity index (χ1n) is 8.02. The van der Waals surface area contributed by atoms with E-state index < -0.39 is 0 Å². The number of rotatable bonds is 8. The summed E-state index contributed by atoms with van der Waals surface area (Å²) in [5.74, 6) is 1.69. The molecule has 0 aliphatic carbocycles. The van der Waals surface area contributed by atoms with Gasteiger partial charge in [0.15, 0.2) is 0 Å². The summed E-state index contributed by atoms with van der Waals surface area (Å²) in [5, 5.41) is 0. The summed E-state index contributed by atoms with van der Waals surface area (Å²) in [4.78, 5) is 5.28. The molecule has 0 saturated carbocycles. The van der Waals surface area contributed by atoms with E-state index in [1.54, 1.807) is 0 Å². The first kappa shape index (κ1) is 16.0. The van der Waals surface area contributed by atoms with Crippen molar-refractivity contribution >= 4 is 0 Å². The molecule has 0 radical (unpaired) electrons. The lowest BCUT2D eigenvalue weighted by molar-refractivity contribution is 0.121. The van der Waals surface area contributed by atoms with Crippen molar-refractivity contribution in [2.75, 3.05) is 39.3 Å². The zero-order chi connectivity index (χ0) is 13.4. The van der Waals surface area contributed by atoms with E-state index in [0.717, 1.165) is 11.8 Å². The number of hydrogen-bond acceptors (Lipinski definition) is 2. The molecular formula is C16H34N2. The van der Waals surface area contributed by atoms with Crippen molar-refractivity contribution in [3.05, 3.63) is 0 Å². The third-order valence-electron chi connectivity index (χ3n) is 3.84. The molecule has 0 aromatic heterocycles. The van der Waals surface area contributed by atoms with Crippen LogP contribution in [0.3, 0.4) is 0 Å². The molecule has 1 aliphatic rings. The van der Waals surface area contributed by atoms with E-state index in [4.69, 9.17) is 0 Å². The lowest BCUT2D eigenvalue weighted by Crippen LogP contribution is -2.47. The van der Waals surface area contributed by atoms with Crippen LogP contribution in [0.5, 0.6) is 0 Å². The second kappa shape index (κ2) is 8.92. The quantitative estimate of drug-likeness (QED) is 0.612. The van der Waals surface area contributed by atoms with E-state index in [2.05, 4.69) is 37.5 Å². The Hall–Kier alpha value is -0.0800. The van der Waals surface area contributed by atoms with Crippen LogP contribution in [0.1, 0.15) is 53.4 Å². The van der Waals surface area contributed by atoms with E-state index in [1.807, 2.05) is 0 Å². The normalized spacial score (nSPS) is 19.0. The molecule has 0 aromatic rings. The third kappa shape index (κ3) is 7.38. The van der Waals surface area contributed by atoms with Crippen LogP contribution in [-0.2, 0) is 0 Å². The van der Waals surface area contributed by atoms with Crippen molar-refractivity contribution in [2.45, 2.75) is 53.4 Å². The Kier molecular flexibility index (Phi) is 7.92. The van der Waals surface area contributed by atoms with Gasteiger partial charge < -0.3 is 9.80 Å². The lowest BCUT2D eigenvalue weighted by Gasteiger charge is -2.35. The van der Waals surface area contributed by atoms with Crippen molar-refractivity contribution < 1.29 is 0 Å². The van der Waals surface area contributed by atoms with Crippen LogP contribution < -0.4 is 0 Å². The maximum absolute atomic E-state index is 2.66. The highest BCUT2D eigenvalue weighted by Gasteiger charge is 2.16. The van der Waals surface area contributed by atoms with Gasteiger partial charge in [0.25, 0.3) is 0 Å². The number of nitrogens with zero attached hydrogens (tertiary/aromatic N) is 2. The highest BCUT2D eigenvalue weighted by molar-refractivity contribution is 4.72. The second-order valence-corrected chi connectivity index (χ2v) is 6.78. The zero-order valence-electron chi connectivity index (χ0n) is 13.1. The summed E-state index contributed by atoms with van der Waals surface area (Å²) in [6.07, 6.45) is 5.65. The Morgan fingerprint density at radius 3 is 1.89 bits per heavy atom. The highest BCUT2D eigenvalue weighted by Crippen LogP contribution is 2.10. The molecule has 0 atom stereocenters. The average molecular weight is 254 g/mol. The van der Waals surface area contributed by atoms with Crippen molar-refractivity contribution in [3.63, 3.8) is 0 Å². The van der Waals surface area contributed by atoms with Gasteiger partial charge in [-0.3, -0.25) is 0 Å². The fourth-order valence-electron chi connectivity index (χ4n) is 2.78. The molecule has 1 saturated heterocycles. The summed E-state index contributed by atoms with van der Waals surface area (Å²) in [6, 6.07) is 0. The Morgan fingerprint density at radius 1 is 0.722 bits per heavy atom. The van der Waals surface area contributed by atoms with Crippen LogP contribution in [-0.4, -0.2) is 49.1 Å². The molecule has 0 unspecified atom stereocenters. The summed E-state index contributed by atoms with van der Waals surface area (Å²) in [5.41, 5.74) is 0. The van der Waals surface area contributed by atoms with Crippen LogP contribution in [0.25, 0.3) is 0 Å². The predicted octanol–water partition coefficient (Wildman–Crippen LogP) is 3.48. The summed E-state index contributed by atoms with van der Waals surface area (Å²) >= 11 is 0. The average Bonchev–Trinajstić information content (AvgIpc) is 2.30. The fraction of sp³-hybridized carbons (Fsp3) is 1.00. The van der Waals surface area contributed by atoms with Gasteiger partial charge in [0.2, 0.25) is 0 Å². The SMILES string of the molecule is CC(C)CCCCCN1CCN(CC(C)C)CC1. The van der Waals surface area contributed by atoms with Crippen LogP contribution in [0.15, 0.2) is 0 Å². The molecule has 0 aromatic carbocycles. The molecule has 18 heavy (non-hydrogen) atoms. The Balaban J connectivity index is 1.98. The summed E-state index contributed by atoms with van der Waals surface area (Å²) < 4.78 is 0. The van der Waals surface area contributed by atoms with Gasteiger partial charge in [-0.05, 0) is 24.8 Å². The van der Waals surface area contributed by atoms with Crippen molar-refractivity contribution in [2.24, 2.45) is 11.8 Å².